The van der Waals surface area contributed by atoms with Crippen LogP contribution in [-0.2, 0) is 26.7 Å². The van der Waals surface area contributed by atoms with Crippen LogP contribution in [0.3, 0.4) is 0 Å². The Morgan fingerprint density at radius 2 is 1.91 bits per heavy atom. The number of hydrogen-bond acceptors (Lipinski definition) is 7. The molecule has 2 unspecified atom stereocenters. The zero-order chi connectivity index (χ0) is 24.9. The van der Waals surface area contributed by atoms with Crippen molar-refractivity contribution in [3.8, 4) is 11.5 Å². The number of rotatable bonds is 9. The van der Waals surface area contributed by atoms with Crippen LogP contribution in [0, 0.1) is 10.1 Å². The number of halogens is 4. The van der Waals surface area contributed by atoms with Gasteiger partial charge in [0.15, 0.2) is 0 Å². The highest BCUT2D eigenvalue weighted by atomic mass is 35.5. The van der Waals surface area contributed by atoms with E-state index in [2.05, 4.69) is 0 Å². The summed E-state index contributed by atoms with van der Waals surface area (Å²) in [6.45, 7) is 4.89. The molecule has 13 heteroatoms. The number of benzene rings is 2. The molecule has 178 valence electrons. The van der Waals surface area contributed by atoms with Crippen LogP contribution in [0.25, 0.3) is 0 Å². The Hall–Kier alpha value is -2.36. The molecule has 0 aliphatic heterocycles. The summed E-state index contributed by atoms with van der Waals surface area (Å²) in [7, 11) is -2.49. The number of alkyl halides is 3. The Morgan fingerprint density at radius 3 is 2.42 bits per heavy atom. The molecule has 0 aliphatic carbocycles. The smallest absolute Gasteiger partial charge is 0.457 e. The second kappa shape index (κ2) is 11.2. The van der Waals surface area contributed by atoms with Crippen molar-refractivity contribution in [1.82, 2.24) is 0 Å². The first-order valence-corrected chi connectivity index (χ1v) is 12.7. The molecule has 0 amide bonds. The van der Waals surface area contributed by atoms with Crippen LogP contribution in [0.2, 0.25) is 5.02 Å². The number of esters is 1. The van der Waals surface area contributed by atoms with Gasteiger partial charge in [-0.25, -0.2) is 0 Å². The van der Waals surface area contributed by atoms with E-state index in [9.17, 15) is 32.6 Å². The molecule has 2 atom stereocenters. The van der Waals surface area contributed by atoms with Crippen molar-refractivity contribution in [3.05, 3.63) is 56.6 Å². The molecule has 2 aromatic carbocycles. The minimum Gasteiger partial charge on any atom is -0.465 e. The Labute approximate surface area is 197 Å². The van der Waals surface area contributed by atoms with Gasteiger partial charge in [-0.3, -0.25) is 14.9 Å². The van der Waals surface area contributed by atoms with E-state index in [1.165, 1.54) is 19.1 Å². The van der Waals surface area contributed by atoms with Crippen molar-refractivity contribution in [2.75, 3.05) is 6.61 Å². The van der Waals surface area contributed by atoms with E-state index in [-0.39, 0.29) is 34.9 Å². The maximum atomic E-state index is 12.9. The van der Waals surface area contributed by atoms with Crippen LogP contribution in [0.4, 0.5) is 18.9 Å². The molecule has 7 nitrogen and oxygen atoms in total. The highest BCUT2D eigenvalue weighted by Crippen LogP contribution is 2.45. The van der Waals surface area contributed by atoms with E-state index in [1.54, 1.807) is 13.8 Å². The van der Waals surface area contributed by atoms with Gasteiger partial charge in [-0.1, -0.05) is 23.1 Å². The Balaban J connectivity index is 2.46. The van der Waals surface area contributed by atoms with Crippen molar-refractivity contribution < 1.29 is 36.9 Å². The van der Waals surface area contributed by atoms with Gasteiger partial charge in [-0.15, -0.1) is 0 Å². The molecule has 0 aliphatic rings. The lowest BCUT2D eigenvalue weighted by Crippen LogP contribution is -2.17. The summed E-state index contributed by atoms with van der Waals surface area (Å²) in [6.07, 6.45) is -4.32. The van der Waals surface area contributed by atoms with Gasteiger partial charge < -0.3 is 9.47 Å². The topological polar surface area (TPSA) is 95.7 Å². The van der Waals surface area contributed by atoms with Crippen molar-refractivity contribution >= 4 is 46.9 Å². The number of ether oxygens (including phenoxy) is 2. The first-order chi connectivity index (χ1) is 15.4. The fraction of sp³-hybridized carbons (Fsp3) is 0.350. The predicted octanol–water partition coefficient (Wildman–Crippen LogP) is 6.67. The zero-order valence-electron chi connectivity index (χ0n) is 17.6. The second-order valence-corrected chi connectivity index (χ2v) is 10.5. The maximum absolute atomic E-state index is 12.9. The second-order valence-electron chi connectivity index (χ2n) is 6.56. The number of carbonyl (C=O) groups is 1. The van der Waals surface area contributed by atoms with E-state index in [4.69, 9.17) is 21.1 Å². The van der Waals surface area contributed by atoms with Crippen molar-refractivity contribution in [2.24, 2.45) is 0 Å². The third-order valence-electron chi connectivity index (χ3n) is 4.28. The SMILES string of the molecule is CCOC(=O)C(C)S[P+](=O)c1cc(Oc2ccc(C(F)(F)F)cc2Cl)c(CC)cc1[N+](=O)[O-]. The molecular formula is C20H19ClF3NO6PS+. The molecule has 0 fully saturated rings. The summed E-state index contributed by atoms with van der Waals surface area (Å²) in [5.74, 6) is -0.680. The molecule has 33 heavy (non-hydrogen) atoms. The predicted molar refractivity (Wildman–Crippen MR) is 120 cm³/mol. The lowest BCUT2D eigenvalue weighted by molar-refractivity contribution is -0.383. The summed E-state index contributed by atoms with van der Waals surface area (Å²) in [4.78, 5) is 22.7. The van der Waals surface area contributed by atoms with E-state index in [1.807, 2.05) is 0 Å². The van der Waals surface area contributed by atoms with Crippen LogP contribution in [0.5, 0.6) is 11.5 Å². The minimum absolute atomic E-state index is 0.0486. The van der Waals surface area contributed by atoms with E-state index in [0.717, 1.165) is 12.1 Å². The van der Waals surface area contributed by atoms with Gasteiger partial charge in [0, 0.05) is 17.7 Å². The molecular weight excluding hydrogens is 506 g/mol. The summed E-state index contributed by atoms with van der Waals surface area (Å²) >= 11 is 6.64. The normalized spacial score (nSPS) is 12.8. The highest BCUT2D eigenvalue weighted by Gasteiger charge is 2.38. The molecule has 0 radical (unpaired) electrons. The first kappa shape index (κ1) is 26.9. The van der Waals surface area contributed by atoms with Crippen LogP contribution in [0.15, 0.2) is 30.3 Å². The van der Waals surface area contributed by atoms with Crippen molar-refractivity contribution in [2.45, 2.75) is 38.6 Å². The van der Waals surface area contributed by atoms with Crippen LogP contribution in [-0.4, -0.2) is 22.7 Å². The Kier molecular flexibility index (Phi) is 9.11. The van der Waals surface area contributed by atoms with Crippen LogP contribution in [0.1, 0.15) is 31.9 Å². The molecule has 0 saturated carbocycles. The van der Waals surface area contributed by atoms with E-state index in [0.29, 0.717) is 23.0 Å². The number of nitro benzene ring substituents is 1. The van der Waals surface area contributed by atoms with E-state index < -0.39 is 40.6 Å². The van der Waals surface area contributed by atoms with Gasteiger partial charge in [-0.05, 0) is 38.5 Å². The summed E-state index contributed by atoms with van der Waals surface area (Å²) in [5, 5.41) is 10.2. The summed E-state index contributed by atoms with van der Waals surface area (Å²) in [5.41, 5.74) is -1.04. The van der Waals surface area contributed by atoms with Gasteiger partial charge in [0.1, 0.15) is 28.1 Å². The molecule has 0 aromatic heterocycles. The summed E-state index contributed by atoms with van der Waals surface area (Å²) < 4.78 is 62.1. The molecule has 2 aromatic rings. The third-order valence-corrected chi connectivity index (χ3v) is 8.14. The fourth-order valence-corrected chi connectivity index (χ4v) is 5.88. The number of hydrogen-bond donors (Lipinski definition) is 0. The number of carbonyl (C=O) groups excluding carboxylic acids is 1. The standard InChI is InChI=1S/C20H19ClF3NO6PS/c1-4-12-8-15(25(27)28)18(32(29)33-11(3)19(26)30-5-2)10-17(12)31-16-7-6-13(9-14(16)21)20(22,23)24/h6-11H,4-5H2,1-3H3/q+1. The lowest BCUT2D eigenvalue weighted by atomic mass is 10.1. The Morgan fingerprint density at radius 1 is 1.24 bits per heavy atom. The van der Waals surface area contributed by atoms with Crippen LogP contribution >= 0.6 is 30.0 Å². The quantitative estimate of drug-likeness (QED) is 0.156. The van der Waals surface area contributed by atoms with Crippen molar-refractivity contribution in [3.63, 3.8) is 0 Å². The lowest BCUT2D eigenvalue weighted by Gasteiger charge is -2.13. The average molecular weight is 525 g/mol. The van der Waals surface area contributed by atoms with Gasteiger partial charge in [0.25, 0.3) is 5.30 Å². The molecule has 0 saturated heterocycles. The van der Waals surface area contributed by atoms with Crippen LogP contribution < -0.4 is 10.0 Å². The largest absolute Gasteiger partial charge is 0.465 e. The third kappa shape index (κ3) is 6.82. The molecule has 2 rings (SSSR count). The van der Waals surface area contributed by atoms with Gasteiger partial charge in [0.2, 0.25) is 0 Å². The van der Waals surface area contributed by atoms with Gasteiger partial charge in [-0.2, -0.15) is 13.2 Å². The van der Waals surface area contributed by atoms with E-state index >= 15 is 0 Å². The molecule has 0 bridgehead atoms. The fourth-order valence-electron chi connectivity index (χ4n) is 2.65. The zero-order valence-corrected chi connectivity index (χ0v) is 20.1. The number of aryl methyl sites for hydroxylation is 1. The Bertz CT molecular complexity index is 1080. The number of nitro groups is 1. The van der Waals surface area contributed by atoms with Gasteiger partial charge >= 0.3 is 24.8 Å². The minimum atomic E-state index is -4.59. The summed E-state index contributed by atoms with van der Waals surface area (Å²) in [6, 6.07) is 4.89. The highest BCUT2D eigenvalue weighted by molar-refractivity contribution is 8.54. The molecule has 0 N–H and O–H groups in total. The number of nitrogens with zero attached hydrogens (tertiary/aromatic N) is 1. The molecule has 0 heterocycles. The van der Waals surface area contributed by atoms with Gasteiger partial charge in [0.05, 0.1) is 22.1 Å². The maximum Gasteiger partial charge on any atom is 0.457 e. The monoisotopic (exact) mass is 524 g/mol. The van der Waals surface area contributed by atoms with Crippen molar-refractivity contribution in [1.29, 1.82) is 0 Å². The first-order valence-electron chi connectivity index (χ1n) is 9.55. The molecule has 0 spiro atoms. The average Bonchev–Trinajstić information content (AvgIpc) is 2.73.